The van der Waals surface area contributed by atoms with Crippen LogP contribution in [0.15, 0.2) is 0 Å². The van der Waals surface area contributed by atoms with Crippen molar-refractivity contribution >= 4 is 21.3 Å². The minimum atomic E-state index is -4.36. The van der Waals surface area contributed by atoms with Crippen LogP contribution < -0.4 is 0 Å². The van der Waals surface area contributed by atoms with E-state index in [1.54, 1.807) is 0 Å². The third kappa shape index (κ3) is 23.1. The Bertz CT molecular complexity index is 439. The molecule has 0 aliphatic heterocycles. The Kier molecular flexibility index (Phi) is 22.1. The van der Waals surface area contributed by atoms with Gasteiger partial charge in [-0.05, 0) is 52.3 Å². The summed E-state index contributed by atoms with van der Waals surface area (Å²) in [5, 5.41) is 0. The molecule has 0 aliphatic rings. The van der Waals surface area contributed by atoms with Crippen LogP contribution in [0.3, 0.4) is 0 Å². The zero-order valence-electron chi connectivity index (χ0n) is 20.1. The molecular formula is C23H48O6P2. The number of hydrogen-bond acceptors (Lipinski definition) is 4. The Hall–Kier alpha value is 0.170. The predicted molar refractivity (Wildman–Crippen MR) is 131 cm³/mol. The standard InChI is InChI=1S/C23H48O6P2/c1-3-5-7-9-11-16-20-30(21-17-12-10-8-6-4-2)23(24)22-28-18-14-13-15-19-29-31(25,26)27/h3-22H2,1-2H3,(H2,25,26,27). The highest BCUT2D eigenvalue weighted by Crippen LogP contribution is 2.39. The van der Waals surface area contributed by atoms with Crippen molar-refractivity contribution in [3.8, 4) is 0 Å². The minimum Gasteiger partial charge on any atom is -0.373 e. The Morgan fingerprint density at radius 2 is 1.16 bits per heavy atom. The van der Waals surface area contributed by atoms with E-state index in [0.29, 0.717) is 18.6 Å². The fourth-order valence-corrected chi connectivity index (χ4v) is 6.02. The van der Waals surface area contributed by atoms with Gasteiger partial charge in [0.05, 0.1) is 6.61 Å². The molecule has 0 atom stereocenters. The topological polar surface area (TPSA) is 93.1 Å². The number of carbonyl (C=O) groups excluding carboxylic acids is 1. The van der Waals surface area contributed by atoms with Gasteiger partial charge in [0.1, 0.15) is 6.61 Å². The van der Waals surface area contributed by atoms with Gasteiger partial charge in [0.2, 0.25) is 0 Å². The number of phosphoric acid groups is 1. The maximum Gasteiger partial charge on any atom is 0.469 e. The highest BCUT2D eigenvalue weighted by atomic mass is 31.2. The summed E-state index contributed by atoms with van der Waals surface area (Å²) < 4.78 is 20.6. The molecule has 0 saturated carbocycles. The maximum absolute atomic E-state index is 12.7. The lowest BCUT2D eigenvalue weighted by atomic mass is 10.1. The summed E-state index contributed by atoms with van der Waals surface area (Å²) in [6.07, 6.45) is 19.3. The van der Waals surface area contributed by atoms with Crippen molar-refractivity contribution < 1.29 is 28.4 Å². The van der Waals surface area contributed by atoms with E-state index in [-0.39, 0.29) is 13.2 Å². The van der Waals surface area contributed by atoms with E-state index in [1.807, 2.05) is 0 Å². The average Bonchev–Trinajstić information content (AvgIpc) is 2.72. The van der Waals surface area contributed by atoms with E-state index in [4.69, 9.17) is 14.5 Å². The first kappa shape index (κ1) is 31.2. The summed E-state index contributed by atoms with van der Waals surface area (Å²) in [5.41, 5.74) is 0.307. The Morgan fingerprint density at radius 1 is 0.710 bits per heavy atom. The summed E-state index contributed by atoms with van der Waals surface area (Å²) in [6, 6.07) is 0. The molecule has 8 heteroatoms. The lowest BCUT2D eigenvalue weighted by molar-refractivity contribution is -0.115. The van der Waals surface area contributed by atoms with Gasteiger partial charge in [-0.2, -0.15) is 0 Å². The highest BCUT2D eigenvalue weighted by Gasteiger charge is 2.17. The van der Waals surface area contributed by atoms with Gasteiger partial charge in [-0.3, -0.25) is 9.32 Å². The predicted octanol–water partition coefficient (Wildman–Crippen LogP) is 7.01. The zero-order valence-corrected chi connectivity index (χ0v) is 21.9. The molecule has 6 nitrogen and oxygen atoms in total. The van der Waals surface area contributed by atoms with Crippen LogP contribution in [0.5, 0.6) is 0 Å². The van der Waals surface area contributed by atoms with Crippen LogP contribution in [-0.4, -0.2) is 47.5 Å². The largest absolute Gasteiger partial charge is 0.469 e. The number of ether oxygens (including phenoxy) is 1. The van der Waals surface area contributed by atoms with Crippen molar-refractivity contribution in [1.82, 2.24) is 0 Å². The van der Waals surface area contributed by atoms with E-state index < -0.39 is 15.7 Å². The summed E-state index contributed by atoms with van der Waals surface area (Å²) in [7, 11) is -4.95. The highest BCUT2D eigenvalue weighted by molar-refractivity contribution is 7.74. The number of hydrogen-bond donors (Lipinski definition) is 2. The molecule has 0 saturated heterocycles. The maximum atomic E-state index is 12.7. The molecule has 31 heavy (non-hydrogen) atoms. The molecule has 0 aliphatic carbocycles. The quantitative estimate of drug-likeness (QED) is 0.113. The molecule has 2 N–H and O–H groups in total. The first-order chi connectivity index (χ1) is 14.9. The number of rotatable bonds is 24. The van der Waals surface area contributed by atoms with Crippen LogP contribution in [0.4, 0.5) is 0 Å². The Morgan fingerprint density at radius 3 is 1.68 bits per heavy atom. The van der Waals surface area contributed by atoms with E-state index >= 15 is 0 Å². The molecule has 0 aromatic heterocycles. The van der Waals surface area contributed by atoms with Crippen LogP contribution in [0, 0.1) is 0 Å². The lowest BCUT2D eigenvalue weighted by Crippen LogP contribution is -2.11. The van der Waals surface area contributed by atoms with Crippen molar-refractivity contribution in [2.75, 3.05) is 32.1 Å². The molecule has 0 unspecified atom stereocenters. The molecule has 186 valence electrons. The molecule has 0 heterocycles. The second-order valence-corrected chi connectivity index (χ2v) is 12.1. The molecule has 0 amide bonds. The van der Waals surface area contributed by atoms with E-state index in [2.05, 4.69) is 18.4 Å². The minimum absolute atomic E-state index is 0.0466. The third-order valence-electron chi connectivity index (χ3n) is 5.33. The molecule has 0 spiro atoms. The fourth-order valence-electron chi connectivity index (χ4n) is 3.44. The number of unbranched alkanes of at least 4 members (excludes halogenated alkanes) is 12. The van der Waals surface area contributed by atoms with Crippen molar-refractivity contribution in [2.24, 2.45) is 0 Å². The fraction of sp³-hybridized carbons (Fsp3) is 0.957. The van der Waals surface area contributed by atoms with Gasteiger partial charge < -0.3 is 14.5 Å². The summed E-state index contributed by atoms with van der Waals surface area (Å²) in [6.45, 7) is 5.24. The molecular weight excluding hydrogens is 434 g/mol. The second kappa shape index (κ2) is 22.0. The van der Waals surface area contributed by atoms with Crippen molar-refractivity contribution in [2.45, 2.75) is 110 Å². The smallest absolute Gasteiger partial charge is 0.373 e. The van der Waals surface area contributed by atoms with Gasteiger partial charge in [-0.25, -0.2) is 4.57 Å². The van der Waals surface area contributed by atoms with Gasteiger partial charge in [0.15, 0.2) is 5.52 Å². The van der Waals surface area contributed by atoms with Gasteiger partial charge in [0, 0.05) is 6.61 Å². The van der Waals surface area contributed by atoms with Crippen LogP contribution in [0.1, 0.15) is 110 Å². The molecule has 0 rings (SSSR count). The zero-order chi connectivity index (χ0) is 23.2. The summed E-state index contributed by atoms with van der Waals surface area (Å²) in [5.74, 6) is 0. The molecule has 0 aromatic carbocycles. The van der Waals surface area contributed by atoms with Crippen LogP contribution >= 0.6 is 15.7 Å². The monoisotopic (exact) mass is 482 g/mol. The van der Waals surface area contributed by atoms with E-state index in [1.165, 1.54) is 64.2 Å². The molecule has 0 aromatic rings. The van der Waals surface area contributed by atoms with Gasteiger partial charge in [-0.15, -0.1) is 0 Å². The molecule has 0 bridgehead atoms. The van der Waals surface area contributed by atoms with Gasteiger partial charge >= 0.3 is 7.82 Å². The van der Waals surface area contributed by atoms with Crippen LogP contribution in [-0.2, 0) is 18.6 Å². The Balaban J connectivity index is 4.04. The normalized spacial score (nSPS) is 12.0. The third-order valence-corrected chi connectivity index (χ3v) is 8.40. The summed E-state index contributed by atoms with van der Waals surface area (Å²) >= 11 is 0. The van der Waals surface area contributed by atoms with E-state index in [9.17, 15) is 9.36 Å². The molecule has 0 radical (unpaired) electrons. The van der Waals surface area contributed by atoms with Crippen molar-refractivity contribution in [1.29, 1.82) is 0 Å². The number of carbonyl (C=O) groups is 1. The Labute approximate surface area is 192 Å². The van der Waals surface area contributed by atoms with Crippen LogP contribution in [0.25, 0.3) is 0 Å². The van der Waals surface area contributed by atoms with Crippen molar-refractivity contribution in [3.05, 3.63) is 0 Å². The van der Waals surface area contributed by atoms with Crippen LogP contribution in [0.2, 0.25) is 0 Å². The average molecular weight is 483 g/mol. The summed E-state index contributed by atoms with van der Waals surface area (Å²) in [4.78, 5) is 30.0. The first-order valence-electron chi connectivity index (χ1n) is 12.5. The van der Waals surface area contributed by atoms with Gasteiger partial charge in [-0.1, -0.05) is 78.1 Å². The van der Waals surface area contributed by atoms with Crippen molar-refractivity contribution in [3.63, 3.8) is 0 Å². The lowest BCUT2D eigenvalue weighted by Gasteiger charge is -2.17. The SMILES string of the molecule is CCCCCCCCP(CCCCCCCC)C(=O)COCCCCCOP(=O)(O)O. The molecule has 0 fully saturated rings. The van der Waals surface area contributed by atoms with Gasteiger partial charge in [0.25, 0.3) is 0 Å². The second-order valence-electron chi connectivity index (χ2n) is 8.35. The number of phosphoric ester groups is 1. The van der Waals surface area contributed by atoms with E-state index in [0.717, 1.165) is 38.0 Å². The first-order valence-corrected chi connectivity index (χ1v) is 15.7.